The van der Waals surface area contributed by atoms with E-state index in [0.717, 1.165) is 19.3 Å². The monoisotopic (exact) mass is 490 g/mol. The molecule has 1 saturated carbocycles. The second kappa shape index (κ2) is 9.76. The second-order valence-electron chi connectivity index (χ2n) is 9.89. The van der Waals surface area contributed by atoms with Gasteiger partial charge in [0.1, 0.15) is 11.5 Å². The van der Waals surface area contributed by atoms with Crippen molar-refractivity contribution in [3.63, 3.8) is 0 Å². The van der Waals surface area contributed by atoms with Crippen molar-refractivity contribution in [1.29, 1.82) is 0 Å². The molecule has 5 rings (SSSR count). The lowest BCUT2D eigenvalue weighted by Crippen LogP contribution is -2.31. The van der Waals surface area contributed by atoms with Gasteiger partial charge in [-0.2, -0.15) is 0 Å². The number of anilines is 2. The molecule has 0 spiro atoms. The van der Waals surface area contributed by atoms with Crippen molar-refractivity contribution in [3.05, 3.63) is 48.5 Å². The number of rotatable bonds is 6. The Kier molecular flexibility index (Phi) is 6.51. The molecule has 8 heteroatoms. The second-order valence-corrected chi connectivity index (χ2v) is 9.89. The summed E-state index contributed by atoms with van der Waals surface area (Å²) in [4.78, 5) is 54.4. The topological polar surface area (TPSA) is 93.2 Å². The molecule has 3 amide bonds. The fourth-order valence-corrected chi connectivity index (χ4v) is 5.53. The summed E-state index contributed by atoms with van der Waals surface area (Å²) in [5.74, 6) is -0.793. The van der Waals surface area contributed by atoms with Gasteiger partial charge >= 0.3 is 5.97 Å². The minimum absolute atomic E-state index is 0.0520. The van der Waals surface area contributed by atoms with Crippen LogP contribution in [0.3, 0.4) is 0 Å². The molecule has 4 atom stereocenters. The summed E-state index contributed by atoms with van der Waals surface area (Å²) in [6.45, 7) is 4.78. The van der Waals surface area contributed by atoms with Gasteiger partial charge in [0.25, 0.3) is 0 Å². The summed E-state index contributed by atoms with van der Waals surface area (Å²) in [7, 11) is 0. The third-order valence-electron chi connectivity index (χ3n) is 7.40. The van der Waals surface area contributed by atoms with E-state index in [2.05, 4.69) is 6.92 Å². The van der Waals surface area contributed by atoms with Gasteiger partial charge < -0.3 is 14.4 Å². The maximum Gasteiger partial charge on any atom is 0.316 e. The third-order valence-corrected chi connectivity index (χ3v) is 7.40. The van der Waals surface area contributed by atoms with Gasteiger partial charge in [0.2, 0.25) is 17.7 Å². The molecule has 3 fully saturated rings. The van der Waals surface area contributed by atoms with Gasteiger partial charge in [0.05, 0.1) is 30.0 Å². The molecule has 2 heterocycles. The van der Waals surface area contributed by atoms with E-state index in [1.165, 1.54) is 4.90 Å². The van der Waals surface area contributed by atoms with E-state index in [-0.39, 0.29) is 48.3 Å². The first-order valence-electron chi connectivity index (χ1n) is 12.6. The maximum absolute atomic E-state index is 13.0. The van der Waals surface area contributed by atoms with Crippen LogP contribution in [0.5, 0.6) is 11.5 Å². The van der Waals surface area contributed by atoms with Crippen LogP contribution in [0.2, 0.25) is 0 Å². The number of ether oxygens (including phenoxy) is 2. The van der Waals surface area contributed by atoms with Crippen LogP contribution in [0.25, 0.3) is 0 Å². The van der Waals surface area contributed by atoms with Crippen molar-refractivity contribution in [2.75, 3.05) is 23.0 Å². The molecule has 2 saturated heterocycles. The van der Waals surface area contributed by atoms with E-state index >= 15 is 0 Å². The van der Waals surface area contributed by atoms with Crippen molar-refractivity contribution >= 4 is 35.1 Å². The standard InChI is InChI=1S/C28H30N2O6/c1-3-35-21-10-8-19(9-11-21)29-16-18(14-25(29)31)28(34)36-22-6-4-5-20(15-22)30-26(32)23-12-7-17(2)13-24(23)27(30)33/h4-6,8-11,15,17-18,23-24H,3,7,12-14,16H2,1-2H3/t17-,18-,23-,24+/m1/s1. The predicted octanol–water partition coefficient (Wildman–Crippen LogP) is 3.97. The lowest BCUT2D eigenvalue weighted by Gasteiger charge is -2.25. The smallest absolute Gasteiger partial charge is 0.316 e. The number of nitrogens with zero attached hydrogens (tertiary/aromatic N) is 2. The first-order chi connectivity index (χ1) is 17.4. The van der Waals surface area contributed by atoms with Gasteiger partial charge in [-0.25, -0.2) is 4.90 Å². The summed E-state index contributed by atoms with van der Waals surface area (Å²) >= 11 is 0. The fourth-order valence-electron chi connectivity index (χ4n) is 5.53. The Balaban J connectivity index is 1.26. The average Bonchev–Trinajstić information content (AvgIpc) is 3.37. The summed E-state index contributed by atoms with van der Waals surface area (Å²) in [5, 5.41) is 0. The molecule has 2 aromatic rings. The Morgan fingerprint density at radius 1 is 0.944 bits per heavy atom. The van der Waals surface area contributed by atoms with Crippen molar-refractivity contribution < 1.29 is 28.7 Å². The maximum atomic E-state index is 13.0. The Morgan fingerprint density at radius 2 is 1.69 bits per heavy atom. The number of imide groups is 1. The number of fused-ring (bicyclic) bond motifs is 1. The van der Waals surface area contributed by atoms with Crippen LogP contribution < -0.4 is 19.3 Å². The molecule has 1 aliphatic carbocycles. The molecule has 0 N–H and O–H groups in total. The van der Waals surface area contributed by atoms with E-state index in [0.29, 0.717) is 29.6 Å². The highest BCUT2D eigenvalue weighted by Gasteiger charge is 2.50. The molecule has 8 nitrogen and oxygen atoms in total. The molecule has 0 bridgehead atoms. The summed E-state index contributed by atoms with van der Waals surface area (Å²) in [6.07, 6.45) is 2.44. The van der Waals surface area contributed by atoms with Gasteiger partial charge in [-0.15, -0.1) is 0 Å². The van der Waals surface area contributed by atoms with E-state index in [9.17, 15) is 19.2 Å². The number of carbonyl (C=O) groups excluding carboxylic acids is 4. The van der Waals surface area contributed by atoms with Crippen LogP contribution in [-0.2, 0) is 19.2 Å². The summed E-state index contributed by atoms with van der Waals surface area (Å²) in [5.41, 5.74) is 1.11. The largest absolute Gasteiger partial charge is 0.494 e. The molecule has 2 aliphatic heterocycles. The predicted molar refractivity (Wildman–Crippen MR) is 133 cm³/mol. The van der Waals surface area contributed by atoms with Crippen LogP contribution in [0.4, 0.5) is 11.4 Å². The fraction of sp³-hybridized carbons (Fsp3) is 0.429. The van der Waals surface area contributed by atoms with E-state index in [1.807, 2.05) is 6.92 Å². The first-order valence-corrected chi connectivity index (χ1v) is 12.6. The Bertz CT molecular complexity index is 1190. The number of amides is 3. The zero-order valence-electron chi connectivity index (χ0n) is 20.5. The number of hydrogen-bond donors (Lipinski definition) is 0. The quantitative estimate of drug-likeness (QED) is 0.346. The lowest BCUT2D eigenvalue weighted by molar-refractivity contribution is -0.139. The highest BCUT2D eigenvalue weighted by atomic mass is 16.5. The Morgan fingerprint density at radius 3 is 2.44 bits per heavy atom. The van der Waals surface area contributed by atoms with Crippen molar-refractivity contribution in [2.45, 2.75) is 39.5 Å². The lowest BCUT2D eigenvalue weighted by atomic mass is 9.76. The van der Waals surface area contributed by atoms with Crippen molar-refractivity contribution in [1.82, 2.24) is 0 Å². The van der Waals surface area contributed by atoms with Gasteiger partial charge in [-0.3, -0.25) is 19.2 Å². The van der Waals surface area contributed by atoms with Crippen LogP contribution in [0.15, 0.2) is 48.5 Å². The van der Waals surface area contributed by atoms with Crippen molar-refractivity contribution in [2.24, 2.45) is 23.7 Å². The van der Waals surface area contributed by atoms with E-state index in [4.69, 9.17) is 9.47 Å². The van der Waals surface area contributed by atoms with E-state index in [1.54, 1.807) is 53.4 Å². The Labute approximate surface area is 210 Å². The average molecular weight is 491 g/mol. The zero-order valence-corrected chi connectivity index (χ0v) is 20.5. The van der Waals surface area contributed by atoms with Gasteiger partial charge in [0.15, 0.2) is 0 Å². The highest BCUT2D eigenvalue weighted by molar-refractivity contribution is 6.22. The van der Waals surface area contributed by atoms with Gasteiger partial charge in [-0.05, 0) is 68.5 Å². The molecule has 0 unspecified atom stereocenters. The normalized spacial score (nSPS) is 25.8. The van der Waals surface area contributed by atoms with Crippen LogP contribution in [-0.4, -0.2) is 36.8 Å². The molecule has 3 aliphatic rings. The molecule has 188 valence electrons. The minimum atomic E-state index is -0.618. The van der Waals surface area contributed by atoms with Crippen LogP contribution in [0.1, 0.15) is 39.5 Å². The molecule has 0 aromatic heterocycles. The van der Waals surface area contributed by atoms with Crippen LogP contribution in [0, 0.1) is 23.7 Å². The Hall–Kier alpha value is -3.68. The van der Waals surface area contributed by atoms with Gasteiger partial charge in [0, 0.05) is 24.7 Å². The highest BCUT2D eigenvalue weighted by Crippen LogP contribution is 2.42. The molecule has 2 aromatic carbocycles. The SMILES string of the molecule is CCOc1ccc(N2C[C@H](C(=O)Oc3cccc(N4C(=O)[C@H]5C[C@H](C)CC[C@H]5C4=O)c3)CC2=O)cc1. The summed E-state index contributed by atoms with van der Waals surface area (Å²) in [6, 6.07) is 13.7. The van der Waals surface area contributed by atoms with Gasteiger partial charge in [-0.1, -0.05) is 13.0 Å². The minimum Gasteiger partial charge on any atom is -0.494 e. The number of esters is 1. The molecular formula is C28H30N2O6. The first kappa shape index (κ1) is 24.0. The zero-order chi connectivity index (χ0) is 25.4. The van der Waals surface area contributed by atoms with Crippen LogP contribution >= 0.6 is 0 Å². The third kappa shape index (κ3) is 4.47. The molecule has 0 radical (unpaired) electrons. The van der Waals surface area contributed by atoms with Crippen molar-refractivity contribution in [3.8, 4) is 11.5 Å². The molecular weight excluding hydrogens is 460 g/mol. The molecule has 36 heavy (non-hydrogen) atoms. The number of hydrogen-bond acceptors (Lipinski definition) is 6. The number of carbonyl (C=O) groups is 4. The van der Waals surface area contributed by atoms with E-state index < -0.39 is 11.9 Å². The summed E-state index contributed by atoms with van der Waals surface area (Å²) < 4.78 is 11.0. The number of benzene rings is 2.